The first-order valence-corrected chi connectivity index (χ1v) is 4.84. The van der Waals surface area contributed by atoms with E-state index in [1.807, 2.05) is 0 Å². The standard InChI is InChI=1S/C9H10ClN3O2/c10-8-1-6(7(11)2-12-8)9(15)13-3-5(14)4-13/h1-2,5,14H,3-4,11H2. The number of halogens is 1. The number of carbonyl (C=O) groups excluding carboxylic acids is 1. The highest BCUT2D eigenvalue weighted by Crippen LogP contribution is 2.19. The van der Waals surface area contributed by atoms with E-state index in [1.165, 1.54) is 17.2 Å². The summed E-state index contributed by atoms with van der Waals surface area (Å²) in [6, 6.07) is 1.43. The van der Waals surface area contributed by atoms with Crippen LogP contribution in [0.1, 0.15) is 10.4 Å². The van der Waals surface area contributed by atoms with E-state index in [9.17, 15) is 4.79 Å². The van der Waals surface area contributed by atoms with Gasteiger partial charge in [0.2, 0.25) is 0 Å². The Balaban J connectivity index is 2.22. The van der Waals surface area contributed by atoms with Gasteiger partial charge in [0.15, 0.2) is 0 Å². The van der Waals surface area contributed by atoms with E-state index in [0.29, 0.717) is 24.3 Å². The lowest BCUT2D eigenvalue weighted by Gasteiger charge is -2.36. The molecule has 0 spiro atoms. The first-order valence-electron chi connectivity index (χ1n) is 4.46. The van der Waals surface area contributed by atoms with E-state index >= 15 is 0 Å². The Kier molecular flexibility index (Phi) is 2.50. The molecule has 6 heteroatoms. The quantitative estimate of drug-likeness (QED) is 0.669. The third-order valence-corrected chi connectivity index (χ3v) is 2.49. The normalized spacial score (nSPS) is 16.3. The van der Waals surface area contributed by atoms with Crippen molar-refractivity contribution in [2.24, 2.45) is 0 Å². The highest BCUT2D eigenvalue weighted by Gasteiger charge is 2.30. The average molecular weight is 228 g/mol. The minimum Gasteiger partial charge on any atom is -0.397 e. The Morgan fingerprint density at radius 2 is 2.33 bits per heavy atom. The van der Waals surface area contributed by atoms with Crippen molar-refractivity contribution in [3.63, 3.8) is 0 Å². The van der Waals surface area contributed by atoms with Crippen LogP contribution in [-0.4, -0.2) is 40.1 Å². The van der Waals surface area contributed by atoms with Crippen molar-refractivity contribution in [1.82, 2.24) is 9.88 Å². The first kappa shape index (κ1) is 10.2. The smallest absolute Gasteiger partial charge is 0.256 e. The van der Waals surface area contributed by atoms with E-state index in [1.54, 1.807) is 0 Å². The molecule has 1 aliphatic heterocycles. The van der Waals surface area contributed by atoms with E-state index in [2.05, 4.69) is 4.98 Å². The van der Waals surface area contributed by atoms with Crippen molar-refractivity contribution in [3.8, 4) is 0 Å². The zero-order valence-electron chi connectivity index (χ0n) is 7.85. The van der Waals surface area contributed by atoms with Crippen molar-refractivity contribution in [1.29, 1.82) is 0 Å². The van der Waals surface area contributed by atoms with Crippen molar-refractivity contribution in [3.05, 3.63) is 23.0 Å². The fourth-order valence-corrected chi connectivity index (χ4v) is 1.58. The molecule has 0 saturated carbocycles. The fraction of sp³-hybridized carbons (Fsp3) is 0.333. The first-order chi connectivity index (χ1) is 7.08. The predicted octanol–water partition coefficient (Wildman–Crippen LogP) is 0.134. The van der Waals surface area contributed by atoms with Crippen LogP contribution in [0.15, 0.2) is 12.3 Å². The summed E-state index contributed by atoms with van der Waals surface area (Å²) in [6.07, 6.45) is 0.929. The molecule has 80 valence electrons. The second-order valence-electron chi connectivity index (χ2n) is 3.46. The molecule has 0 aliphatic carbocycles. The molecular weight excluding hydrogens is 218 g/mol. The number of aromatic nitrogens is 1. The molecule has 1 aliphatic rings. The zero-order valence-corrected chi connectivity index (χ0v) is 8.61. The largest absolute Gasteiger partial charge is 0.397 e. The maximum absolute atomic E-state index is 11.8. The summed E-state index contributed by atoms with van der Waals surface area (Å²) in [7, 11) is 0. The Morgan fingerprint density at radius 3 is 2.93 bits per heavy atom. The topological polar surface area (TPSA) is 79.5 Å². The summed E-state index contributed by atoms with van der Waals surface area (Å²) in [4.78, 5) is 17.1. The Morgan fingerprint density at radius 1 is 1.67 bits per heavy atom. The molecule has 1 fully saturated rings. The molecule has 15 heavy (non-hydrogen) atoms. The number of nitrogen functional groups attached to an aromatic ring is 1. The van der Waals surface area contributed by atoms with Gasteiger partial charge in [-0.25, -0.2) is 4.98 Å². The lowest BCUT2D eigenvalue weighted by atomic mass is 10.1. The molecule has 2 rings (SSSR count). The Labute approximate surface area is 91.5 Å². The van der Waals surface area contributed by atoms with Crippen LogP contribution in [-0.2, 0) is 0 Å². The number of nitrogens with zero attached hydrogens (tertiary/aromatic N) is 2. The predicted molar refractivity (Wildman–Crippen MR) is 55.6 cm³/mol. The number of aliphatic hydroxyl groups is 1. The number of hydrogen-bond donors (Lipinski definition) is 2. The molecule has 1 amide bonds. The van der Waals surface area contributed by atoms with Crippen LogP contribution in [0, 0.1) is 0 Å². The van der Waals surface area contributed by atoms with Gasteiger partial charge in [0.1, 0.15) is 5.15 Å². The lowest BCUT2D eigenvalue weighted by Crippen LogP contribution is -2.53. The van der Waals surface area contributed by atoms with Crippen LogP contribution < -0.4 is 5.73 Å². The number of aliphatic hydroxyl groups excluding tert-OH is 1. The average Bonchev–Trinajstić information content (AvgIpc) is 2.16. The second kappa shape index (κ2) is 3.67. The number of hydrogen-bond acceptors (Lipinski definition) is 4. The van der Waals surface area contributed by atoms with Crippen LogP contribution in [0.3, 0.4) is 0 Å². The molecule has 0 aromatic carbocycles. The van der Waals surface area contributed by atoms with E-state index in [-0.39, 0.29) is 11.1 Å². The van der Waals surface area contributed by atoms with Gasteiger partial charge < -0.3 is 15.7 Å². The van der Waals surface area contributed by atoms with Crippen LogP contribution in [0.5, 0.6) is 0 Å². The van der Waals surface area contributed by atoms with Gasteiger partial charge >= 0.3 is 0 Å². The SMILES string of the molecule is Nc1cnc(Cl)cc1C(=O)N1CC(O)C1. The second-order valence-corrected chi connectivity index (χ2v) is 3.85. The molecule has 0 bridgehead atoms. The van der Waals surface area contributed by atoms with Crippen LogP contribution in [0.2, 0.25) is 5.15 Å². The number of anilines is 1. The summed E-state index contributed by atoms with van der Waals surface area (Å²) in [5.41, 5.74) is 6.24. The van der Waals surface area contributed by atoms with Gasteiger partial charge in [-0.15, -0.1) is 0 Å². The van der Waals surface area contributed by atoms with Gasteiger partial charge in [-0.05, 0) is 6.07 Å². The van der Waals surface area contributed by atoms with E-state index in [0.717, 1.165) is 0 Å². The molecule has 3 N–H and O–H groups in total. The monoisotopic (exact) mass is 227 g/mol. The zero-order chi connectivity index (χ0) is 11.0. The van der Waals surface area contributed by atoms with Crippen molar-refractivity contribution < 1.29 is 9.90 Å². The van der Waals surface area contributed by atoms with Crippen LogP contribution >= 0.6 is 11.6 Å². The molecule has 1 aromatic rings. The van der Waals surface area contributed by atoms with Crippen LogP contribution in [0.25, 0.3) is 0 Å². The molecule has 1 aromatic heterocycles. The van der Waals surface area contributed by atoms with Gasteiger partial charge in [0.05, 0.1) is 23.6 Å². The van der Waals surface area contributed by atoms with Crippen molar-refractivity contribution >= 4 is 23.2 Å². The Bertz CT molecular complexity index is 404. The van der Waals surface area contributed by atoms with Crippen LogP contribution in [0.4, 0.5) is 5.69 Å². The fourth-order valence-electron chi connectivity index (χ4n) is 1.42. The number of likely N-dealkylation sites (tertiary alicyclic amines) is 1. The third kappa shape index (κ3) is 1.88. The number of β-amino-alcohol motifs (C(OH)–C–C–N with tert-alkyl or cyclic N) is 1. The number of amides is 1. The molecule has 1 saturated heterocycles. The summed E-state index contributed by atoms with van der Waals surface area (Å²) in [5.74, 6) is -0.220. The molecular formula is C9H10ClN3O2. The summed E-state index contributed by atoms with van der Waals surface area (Å²) >= 11 is 5.67. The molecule has 5 nitrogen and oxygen atoms in total. The van der Waals surface area contributed by atoms with Gasteiger partial charge in [-0.1, -0.05) is 11.6 Å². The Hall–Kier alpha value is -1.33. The summed E-state index contributed by atoms with van der Waals surface area (Å²) < 4.78 is 0. The summed E-state index contributed by atoms with van der Waals surface area (Å²) in [6.45, 7) is 0.691. The molecule has 0 unspecified atom stereocenters. The van der Waals surface area contributed by atoms with Crippen molar-refractivity contribution in [2.75, 3.05) is 18.8 Å². The lowest BCUT2D eigenvalue weighted by molar-refractivity contribution is 0.00596. The number of rotatable bonds is 1. The maximum atomic E-state index is 11.8. The number of carbonyl (C=O) groups is 1. The summed E-state index contributed by atoms with van der Waals surface area (Å²) in [5, 5.41) is 9.30. The van der Waals surface area contributed by atoms with Crippen molar-refractivity contribution in [2.45, 2.75) is 6.10 Å². The van der Waals surface area contributed by atoms with E-state index in [4.69, 9.17) is 22.4 Å². The third-order valence-electron chi connectivity index (χ3n) is 2.28. The highest BCUT2D eigenvalue weighted by molar-refractivity contribution is 6.29. The maximum Gasteiger partial charge on any atom is 0.256 e. The van der Waals surface area contributed by atoms with E-state index < -0.39 is 6.10 Å². The number of nitrogens with two attached hydrogens (primary N) is 1. The molecule has 0 atom stereocenters. The minimum absolute atomic E-state index is 0.220. The molecule has 2 heterocycles. The van der Waals surface area contributed by atoms with Gasteiger partial charge in [-0.3, -0.25) is 4.79 Å². The minimum atomic E-state index is -0.424. The van der Waals surface area contributed by atoms with Gasteiger partial charge in [-0.2, -0.15) is 0 Å². The van der Waals surface area contributed by atoms with Gasteiger partial charge in [0.25, 0.3) is 5.91 Å². The molecule has 0 radical (unpaired) electrons. The number of pyridine rings is 1. The highest BCUT2D eigenvalue weighted by atomic mass is 35.5. The van der Waals surface area contributed by atoms with Gasteiger partial charge in [0, 0.05) is 13.1 Å².